The highest BCUT2D eigenvalue weighted by molar-refractivity contribution is 6.51. The normalized spacial score (nSPS) is 16.8. The van der Waals surface area contributed by atoms with Gasteiger partial charge in [0, 0.05) is 11.3 Å². The fourth-order valence-electron chi connectivity index (χ4n) is 4.51. The van der Waals surface area contributed by atoms with Crippen LogP contribution in [0.1, 0.15) is 49.4 Å². The molecule has 1 atom stereocenters. The predicted octanol–water partition coefficient (Wildman–Crippen LogP) is 6.34. The molecule has 4 rings (SSSR count). The van der Waals surface area contributed by atoms with Crippen LogP contribution >= 0.6 is 11.6 Å². The number of Topliss-reactive ketones (excluding diaryl/α,β-unsaturated/α-hetero) is 1. The van der Waals surface area contributed by atoms with Crippen LogP contribution in [-0.4, -0.2) is 35.6 Å². The number of nitrogens with zero attached hydrogens (tertiary/aromatic N) is 1. The van der Waals surface area contributed by atoms with Gasteiger partial charge in [-0.25, -0.2) is 4.39 Å². The number of hydrogen-bond acceptors (Lipinski definition) is 6. The maximum atomic E-state index is 13.9. The van der Waals surface area contributed by atoms with Crippen LogP contribution in [0.3, 0.4) is 0 Å². The van der Waals surface area contributed by atoms with Crippen molar-refractivity contribution in [1.29, 1.82) is 0 Å². The minimum absolute atomic E-state index is 0.0445. The first-order valence-electron chi connectivity index (χ1n) is 12.0. The third-order valence-corrected chi connectivity index (χ3v) is 6.64. The van der Waals surface area contributed by atoms with Crippen molar-refractivity contribution in [3.05, 3.63) is 87.7 Å². The molecule has 198 valence electrons. The molecule has 1 aliphatic heterocycles. The number of hydrogen-bond donors (Lipinski definition) is 2. The first-order valence-corrected chi connectivity index (χ1v) is 12.4. The van der Waals surface area contributed by atoms with E-state index in [1.165, 1.54) is 30.3 Å². The van der Waals surface area contributed by atoms with Gasteiger partial charge in [0.1, 0.15) is 17.3 Å². The summed E-state index contributed by atoms with van der Waals surface area (Å²) in [5, 5.41) is 21.5. The molecule has 1 fully saturated rings. The molecule has 3 aromatic rings. The summed E-state index contributed by atoms with van der Waals surface area (Å²) in [5.41, 5.74) is 1.48. The molecule has 0 aliphatic carbocycles. The average Bonchev–Trinajstić information content (AvgIpc) is 3.16. The van der Waals surface area contributed by atoms with Gasteiger partial charge in [-0.2, -0.15) is 0 Å². The number of rotatable bonds is 7. The molecule has 0 radical (unpaired) electrons. The average molecular weight is 540 g/mol. The number of aromatic hydroxyl groups is 1. The number of phenolic OH excluding ortho intramolecular Hbond substituents is 1. The van der Waals surface area contributed by atoms with Crippen molar-refractivity contribution in [2.24, 2.45) is 0 Å². The Kier molecular flexibility index (Phi) is 7.64. The molecule has 1 aliphatic rings. The van der Waals surface area contributed by atoms with E-state index < -0.39 is 23.5 Å². The number of aliphatic hydroxyl groups excluding tert-OH is 1. The van der Waals surface area contributed by atoms with Crippen molar-refractivity contribution in [2.75, 3.05) is 18.6 Å². The van der Waals surface area contributed by atoms with Crippen LogP contribution in [-0.2, 0) is 9.59 Å². The molecule has 3 aromatic carbocycles. The molecular weight excluding hydrogens is 513 g/mol. The lowest BCUT2D eigenvalue weighted by molar-refractivity contribution is -0.132. The molecule has 38 heavy (non-hydrogen) atoms. The summed E-state index contributed by atoms with van der Waals surface area (Å²) in [5.74, 6) is -2.26. The summed E-state index contributed by atoms with van der Waals surface area (Å²) < 4.78 is 24.9. The highest BCUT2D eigenvalue weighted by Crippen LogP contribution is 2.45. The van der Waals surface area contributed by atoms with E-state index in [4.69, 9.17) is 21.1 Å². The van der Waals surface area contributed by atoms with Gasteiger partial charge in [0.2, 0.25) is 0 Å². The van der Waals surface area contributed by atoms with Gasteiger partial charge in [0.25, 0.3) is 11.7 Å². The predicted molar refractivity (Wildman–Crippen MR) is 143 cm³/mol. The first-order chi connectivity index (χ1) is 18.1. The zero-order valence-corrected chi connectivity index (χ0v) is 22.0. The van der Waals surface area contributed by atoms with Gasteiger partial charge in [0.15, 0.2) is 11.5 Å². The second-order valence-corrected chi connectivity index (χ2v) is 9.45. The molecule has 7 nitrogen and oxygen atoms in total. The van der Waals surface area contributed by atoms with E-state index in [-0.39, 0.29) is 46.1 Å². The number of methoxy groups -OCH3 is 1. The summed E-state index contributed by atoms with van der Waals surface area (Å²) in [6.07, 6.45) is 0. The fraction of sp³-hybridized carbons (Fsp3) is 0.241. The molecular formula is C29H27ClFNO6. The topological polar surface area (TPSA) is 96.3 Å². The number of benzene rings is 3. The molecule has 0 aromatic heterocycles. The van der Waals surface area contributed by atoms with Crippen LogP contribution < -0.4 is 14.4 Å². The summed E-state index contributed by atoms with van der Waals surface area (Å²) in [6.45, 7) is 5.93. The summed E-state index contributed by atoms with van der Waals surface area (Å²) in [7, 11) is 1.54. The number of ketones is 1. The van der Waals surface area contributed by atoms with E-state index in [0.29, 0.717) is 16.9 Å². The van der Waals surface area contributed by atoms with E-state index in [9.17, 15) is 24.2 Å². The third-order valence-electron chi connectivity index (χ3n) is 6.35. The van der Waals surface area contributed by atoms with Gasteiger partial charge in [-0.15, -0.1) is 0 Å². The number of halogens is 2. The Labute approximate surface area is 224 Å². The van der Waals surface area contributed by atoms with Gasteiger partial charge >= 0.3 is 0 Å². The highest BCUT2D eigenvalue weighted by atomic mass is 35.5. The molecule has 1 amide bonds. The highest BCUT2D eigenvalue weighted by Gasteiger charge is 2.47. The van der Waals surface area contributed by atoms with E-state index >= 15 is 0 Å². The summed E-state index contributed by atoms with van der Waals surface area (Å²) in [4.78, 5) is 28.0. The fourth-order valence-corrected chi connectivity index (χ4v) is 4.68. The largest absolute Gasteiger partial charge is 0.507 e. The Balaban J connectivity index is 1.98. The van der Waals surface area contributed by atoms with E-state index in [1.807, 2.05) is 13.8 Å². The first kappa shape index (κ1) is 27.0. The van der Waals surface area contributed by atoms with Crippen molar-refractivity contribution in [3.63, 3.8) is 0 Å². The molecule has 0 spiro atoms. The summed E-state index contributed by atoms with van der Waals surface area (Å²) in [6, 6.07) is 11.9. The number of amides is 1. The number of ether oxygens (including phenoxy) is 2. The van der Waals surface area contributed by atoms with E-state index in [1.54, 1.807) is 32.2 Å². The monoisotopic (exact) mass is 539 g/mol. The van der Waals surface area contributed by atoms with Crippen LogP contribution in [0.15, 0.2) is 60.2 Å². The molecule has 1 heterocycles. The third kappa shape index (κ3) is 4.79. The quantitative estimate of drug-likeness (QED) is 0.206. The summed E-state index contributed by atoms with van der Waals surface area (Å²) >= 11 is 6.00. The van der Waals surface area contributed by atoms with E-state index in [0.717, 1.165) is 16.5 Å². The van der Waals surface area contributed by atoms with Crippen LogP contribution in [0, 0.1) is 5.82 Å². The Hall–Kier alpha value is -4.04. The van der Waals surface area contributed by atoms with Gasteiger partial charge in [-0.05, 0) is 72.5 Å². The van der Waals surface area contributed by atoms with Crippen molar-refractivity contribution in [3.8, 4) is 17.2 Å². The van der Waals surface area contributed by atoms with Gasteiger partial charge in [-0.1, -0.05) is 31.5 Å². The minimum atomic E-state index is -1.12. The number of aliphatic hydroxyl groups is 1. The van der Waals surface area contributed by atoms with Crippen molar-refractivity contribution < 1.29 is 33.7 Å². The molecule has 0 saturated carbocycles. The number of phenols is 1. The lowest BCUT2D eigenvalue weighted by Gasteiger charge is -2.26. The SMILES string of the molecule is CCOc1cc(C2/C(=C(\O)c3ccc(OC)c(C(C)C)c3)C(=O)C(=O)N2c2ccc(F)c(Cl)c2)ccc1O. The molecule has 1 saturated heterocycles. The van der Waals surface area contributed by atoms with Gasteiger partial charge in [0.05, 0.1) is 30.4 Å². The van der Waals surface area contributed by atoms with Crippen molar-refractivity contribution >= 4 is 34.7 Å². The Morgan fingerprint density at radius 3 is 2.45 bits per heavy atom. The molecule has 9 heteroatoms. The lowest BCUT2D eigenvalue weighted by Crippen LogP contribution is -2.29. The second-order valence-electron chi connectivity index (χ2n) is 9.04. The maximum Gasteiger partial charge on any atom is 0.300 e. The molecule has 0 bridgehead atoms. The van der Waals surface area contributed by atoms with Crippen molar-refractivity contribution in [2.45, 2.75) is 32.7 Å². The molecule has 2 N–H and O–H groups in total. The van der Waals surface area contributed by atoms with Gasteiger partial charge in [-0.3, -0.25) is 14.5 Å². The van der Waals surface area contributed by atoms with Crippen LogP contribution in [0.25, 0.3) is 5.76 Å². The number of anilines is 1. The van der Waals surface area contributed by atoms with E-state index in [2.05, 4.69) is 0 Å². The Morgan fingerprint density at radius 1 is 1.08 bits per heavy atom. The standard InChI is InChI=1S/C29H27ClFNO6/c1-5-38-24-13-16(6-10-22(24)33)26-25(27(34)17-7-11-23(37-4)19(12-17)15(2)3)28(35)29(36)32(26)18-8-9-21(31)20(30)14-18/h6-15,26,33-34H,5H2,1-4H3/b27-25+. The smallest absolute Gasteiger partial charge is 0.300 e. The second kappa shape index (κ2) is 10.8. The molecule has 1 unspecified atom stereocenters. The number of carbonyl (C=O) groups excluding carboxylic acids is 2. The Morgan fingerprint density at radius 2 is 1.82 bits per heavy atom. The minimum Gasteiger partial charge on any atom is -0.507 e. The number of carbonyl (C=O) groups is 2. The van der Waals surface area contributed by atoms with Crippen LogP contribution in [0.4, 0.5) is 10.1 Å². The lowest BCUT2D eigenvalue weighted by atomic mass is 9.93. The van der Waals surface area contributed by atoms with Crippen molar-refractivity contribution in [1.82, 2.24) is 0 Å². The zero-order chi connectivity index (χ0) is 27.7. The maximum absolute atomic E-state index is 13.9. The zero-order valence-electron chi connectivity index (χ0n) is 21.3. The van der Waals surface area contributed by atoms with Gasteiger partial charge < -0.3 is 19.7 Å². The van der Waals surface area contributed by atoms with Crippen LogP contribution in [0.2, 0.25) is 5.02 Å². The van der Waals surface area contributed by atoms with Crippen LogP contribution in [0.5, 0.6) is 17.2 Å². The Bertz CT molecular complexity index is 1450.